The molecule has 0 radical (unpaired) electrons. The summed E-state index contributed by atoms with van der Waals surface area (Å²) in [5.41, 5.74) is 1.34. The molecule has 1 heterocycles. The van der Waals surface area contributed by atoms with Gasteiger partial charge in [0.05, 0.1) is 19.7 Å². The number of carbonyl (C=O) groups is 1. The van der Waals surface area contributed by atoms with Gasteiger partial charge in [0.25, 0.3) is 0 Å². The minimum absolute atomic E-state index is 0.205. The van der Waals surface area contributed by atoms with Crippen molar-refractivity contribution in [1.82, 2.24) is 15.1 Å². The number of anilines is 1. The zero-order valence-corrected chi connectivity index (χ0v) is 20.8. The summed E-state index contributed by atoms with van der Waals surface area (Å²) in [5, 5.41) is 17.7. The number of amides is 1. The van der Waals surface area contributed by atoms with E-state index in [9.17, 15) is 23.1 Å². The second kappa shape index (κ2) is 11.4. The van der Waals surface area contributed by atoms with Crippen molar-refractivity contribution in [3.05, 3.63) is 77.1 Å². The average molecular weight is 517 g/mol. The zero-order chi connectivity index (χ0) is 26.6. The van der Waals surface area contributed by atoms with Crippen LogP contribution in [-0.2, 0) is 36.8 Å². The summed E-state index contributed by atoms with van der Waals surface area (Å²) in [6.45, 7) is -0.205. The number of alkyl halides is 3. The second-order valence-corrected chi connectivity index (χ2v) is 9.18. The maximum Gasteiger partial charge on any atom is 0.435 e. The topological polar surface area (TPSA) is 79.6 Å². The summed E-state index contributed by atoms with van der Waals surface area (Å²) in [7, 11) is 3.19. The quantitative estimate of drug-likeness (QED) is 0.421. The number of fused-ring (bicyclic) bond motifs is 1. The van der Waals surface area contributed by atoms with E-state index < -0.39 is 24.1 Å². The monoisotopic (exact) mass is 516 g/mol. The number of methoxy groups -OCH3 is 1. The summed E-state index contributed by atoms with van der Waals surface area (Å²) in [6, 6.07) is 15.5. The van der Waals surface area contributed by atoms with E-state index >= 15 is 0 Å². The van der Waals surface area contributed by atoms with Crippen LogP contribution in [0.3, 0.4) is 0 Å². The molecule has 2 aromatic carbocycles. The number of ether oxygens (including phenoxy) is 1. The Hall–Kier alpha value is -3.37. The molecule has 1 aliphatic rings. The van der Waals surface area contributed by atoms with Crippen LogP contribution >= 0.6 is 0 Å². The van der Waals surface area contributed by atoms with Crippen molar-refractivity contribution in [2.75, 3.05) is 19.1 Å². The van der Waals surface area contributed by atoms with Crippen LogP contribution in [0.25, 0.3) is 0 Å². The number of carbonyl (C=O) groups excluding carboxylic acids is 1. The normalized spacial score (nSPS) is 15.1. The lowest BCUT2D eigenvalue weighted by Crippen LogP contribution is -2.51. The number of likely N-dealkylation sites (N-methyl/N-ethyl adjacent to an activating group) is 1. The Morgan fingerprint density at radius 2 is 1.81 bits per heavy atom. The molecule has 0 bridgehead atoms. The molecule has 37 heavy (non-hydrogen) atoms. The van der Waals surface area contributed by atoms with Crippen LogP contribution in [-0.4, -0.2) is 47.2 Å². The van der Waals surface area contributed by atoms with E-state index in [1.165, 1.54) is 9.58 Å². The predicted octanol–water partition coefficient (Wildman–Crippen LogP) is 3.97. The summed E-state index contributed by atoms with van der Waals surface area (Å²) in [4.78, 5) is 15.0. The lowest BCUT2D eigenvalue weighted by Gasteiger charge is -2.27. The first-order valence-corrected chi connectivity index (χ1v) is 12.2. The maximum absolute atomic E-state index is 13.6. The van der Waals surface area contributed by atoms with Crippen LogP contribution in [0.1, 0.15) is 35.4 Å². The maximum atomic E-state index is 13.6. The molecule has 0 spiro atoms. The van der Waals surface area contributed by atoms with Gasteiger partial charge >= 0.3 is 6.18 Å². The van der Waals surface area contributed by atoms with Crippen LogP contribution in [0, 0.1) is 0 Å². The minimum atomic E-state index is -4.56. The van der Waals surface area contributed by atoms with Gasteiger partial charge in [0.2, 0.25) is 5.91 Å². The van der Waals surface area contributed by atoms with Crippen LogP contribution in [0.5, 0.6) is 5.75 Å². The molecule has 2 N–H and O–H groups in total. The van der Waals surface area contributed by atoms with Crippen molar-refractivity contribution in [2.24, 2.45) is 0 Å². The molecule has 2 atom stereocenters. The summed E-state index contributed by atoms with van der Waals surface area (Å²) in [5.74, 6) is 0.353. The van der Waals surface area contributed by atoms with Crippen LogP contribution in [0.2, 0.25) is 0 Å². The molecule has 0 saturated carbocycles. The number of hydrogen-bond acceptors (Lipinski definition) is 5. The van der Waals surface area contributed by atoms with Gasteiger partial charge in [-0.2, -0.15) is 18.3 Å². The molecule has 3 aromatic rings. The van der Waals surface area contributed by atoms with Crippen molar-refractivity contribution >= 4 is 11.6 Å². The molecule has 7 nitrogen and oxygen atoms in total. The molecule has 198 valence electrons. The van der Waals surface area contributed by atoms with E-state index in [0.717, 1.165) is 12.0 Å². The standard InChI is InChI=1S/C27H31F3N4O3/c1-33(19-12-14-20(37-2)15-13-19)26(36)22(16-18-8-4-3-5-9-18)31-24(35)17-34-23-11-7-6-10-21(23)25(32-34)27(28,29)30/h3-5,8-9,12-15,22,24,31,35H,6-7,10-11,16-17H2,1-2H3/t22-,24?/m0/s1. The molecule has 0 saturated heterocycles. The number of hydrogen-bond donors (Lipinski definition) is 2. The van der Waals surface area contributed by atoms with E-state index in [-0.39, 0.29) is 24.4 Å². The second-order valence-electron chi connectivity index (χ2n) is 9.18. The number of aromatic nitrogens is 2. The third kappa shape index (κ3) is 6.31. The first-order chi connectivity index (χ1) is 17.7. The highest BCUT2D eigenvalue weighted by Crippen LogP contribution is 2.35. The van der Waals surface area contributed by atoms with E-state index in [1.54, 1.807) is 38.4 Å². The number of benzene rings is 2. The van der Waals surface area contributed by atoms with Gasteiger partial charge in [-0.25, -0.2) is 0 Å². The Morgan fingerprint density at radius 3 is 2.46 bits per heavy atom. The van der Waals surface area contributed by atoms with Gasteiger partial charge in [0, 0.05) is 24.0 Å². The molecular formula is C27H31F3N4O3. The fraction of sp³-hybridized carbons (Fsp3) is 0.407. The van der Waals surface area contributed by atoms with Gasteiger partial charge in [0.15, 0.2) is 5.69 Å². The number of aliphatic hydroxyl groups is 1. The van der Waals surface area contributed by atoms with Gasteiger partial charge in [-0.05, 0) is 61.9 Å². The SMILES string of the molecule is COc1ccc(N(C)C(=O)[C@H](Cc2ccccc2)NC(O)Cn2nc(C(F)(F)F)c3c2CCCC3)cc1. The first-order valence-electron chi connectivity index (χ1n) is 12.2. The Kier molecular flexibility index (Phi) is 8.19. The highest BCUT2D eigenvalue weighted by atomic mass is 19.4. The molecular weight excluding hydrogens is 485 g/mol. The Balaban J connectivity index is 1.55. The molecule has 4 rings (SSSR count). The van der Waals surface area contributed by atoms with E-state index in [2.05, 4.69) is 10.4 Å². The molecule has 0 fully saturated rings. The van der Waals surface area contributed by atoms with Gasteiger partial charge < -0.3 is 14.7 Å². The van der Waals surface area contributed by atoms with E-state index in [0.29, 0.717) is 36.4 Å². The average Bonchev–Trinajstić information content (AvgIpc) is 3.27. The molecule has 1 aromatic heterocycles. The highest BCUT2D eigenvalue weighted by molar-refractivity contribution is 5.97. The Labute approximate surface area is 213 Å². The third-order valence-corrected chi connectivity index (χ3v) is 6.64. The van der Waals surface area contributed by atoms with Crippen molar-refractivity contribution in [1.29, 1.82) is 0 Å². The molecule has 0 aliphatic heterocycles. The third-order valence-electron chi connectivity index (χ3n) is 6.64. The lowest BCUT2D eigenvalue weighted by molar-refractivity contribution is -0.142. The summed E-state index contributed by atoms with van der Waals surface area (Å²) >= 11 is 0. The van der Waals surface area contributed by atoms with Gasteiger partial charge in [-0.15, -0.1) is 0 Å². The fourth-order valence-electron chi connectivity index (χ4n) is 4.73. The van der Waals surface area contributed by atoms with Crippen molar-refractivity contribution in [3.8, 4) is 5.75 Å². The van der Waals surface area contributed by atoms with Crippen molar-refractivity contribution < 1.29 is 27.8 Å². The number of rotatable bonds is 9. The lowest BCUT2D eigenvalue weighted by atomic mass is 9.95. The highest BCUT2D eigenvalue weighted by Gasteiger charge is 2.39. The minimum Gasteiger partial charge on any atom is -0.497 e. The van der Waals surface area contributed by atoms with Crippen molar-refractivity contribution in [2.45, 2.75) is 57.1 Å². The van der Waals surface area contributed by atoms with E-state index in [4.69, 9.17) is 4.74 Å². The summed E-state index contributed by atoms with van der Waals surface area (Å²) < 4.78 is 47.1. The fourth-order valence-corrected chi connectivity index (χ4v) is 4.73. The first kappa shape index (κ1) is 26.7. The van der Waals surface area contributed by atoms with Crippen molar-refractivity contribution in [3.63, 3.8) is 0 Å². The smallest absolute Gasteiger partial charge is 0.435 e. The van der Waals surface area contributed by atoms with Gasteiger partial charge in [-0.3, -0.25) is 14.8 Å². The molecule has 1 unspecified atom stereocenters. The van der Waals surface area contributed by atoms with Crippen LogP contribution in [0.15, 0.2) is 54.6 Å². The van der Waals surface area contributed by atoms with Gasteiger partial charge in [0.1, 0.15) is 12.0 Å². The van der Waals surface area contributed by atoms with E-state index in [1.807, 2.05) is 30.3 Å². The Morgan fingerprint density at radius 1 is 1.14 bits per heavy atom. The number of halogens is 3. The molecule has 10 heteroatoms. The number of aliphatic hydroxyl groups excluding tert-OH is 1. The molecule has 1 amide bonds. The van der Waals surface area contributed by atoms with Crippen LogP contribution < -0.4 is 15.0 Å². The predicted molar refractivity (Wildman–Crippen MR) is 133 cm³/mol. The van der Waals surface area contributed by atoms with Gasteiger partial charge in [-0.1, -0.05) is 30.3 Å². The molecule has 1 aliphatic carbocycles. The zero-order valence-electron chi connectivity index (χ0n) is 20.8. The number of nitrogens with zero attached hydrogens (tertiary/aromatic N) is 3. The number of nitrogens with one attached hydrogen (secondary N) is 1. The van der Waals surface area contributed by atoms with Crippen LogP contribution in [0.4, 0.5) is 18.9 Å². The Bertz CT molecular complexity index is 1200. The summed E-state index contributed by atoms with van der Waals surface area (Å²) in [6.07, 6.45) is -3.35. The largest absolute Gasteiger partial charge is 0.497 e.